The average Bonchev–Trinajstić information content (AvgIpc) is 3.46. The molecule has 0 aliphatic carbocycles. The first kappa shape index (κ1) is 22.4. The van der Waals surface area contributed by atoms with E-state index in [4.69, 9.17) is 11.6 Å². The second-order valence-corrected chi connectivity index (χ2v) is 8.87. The van der Waals surface area contributed by atoms with Crippen LogP contribution >= 0.6 is 11.6 Å². The third-order valence-corrected chi connectivity index (χ3v) is 6.35. The molecule has 0 radical (unpaired) electrons. The van der Waals surface area contributed by atoms with Crippen LogP contribution in [-0.2, 0) is 39.3 Å². The first-order chi connectivity index (χ1) is 16.7. The van der Waals surface area contributed by atoms with E-state index in [1.807, 2.05) is 24.3 Å². The minimum absolute atomic E-state index is 0.00874. The zero-order chi connectivity index (χ0) is 23.3. The van der Waals surface area contributed by atoms with Crippen LogP contribution in [-0.4, -0.2) is 29.7 Å². The molecule has 2 aromatic carbocycles. The van der Waals surface area contributed by atoms with Gasteiger partial charge >= 0.3 is 0 Å². The minimum atomic E-state index is -0.00874. The molecule has 0 saturated carbocycles. The Morgan fingerprint density at radius 1 is 0.735 bits per heavy atom. The fourth-order valence-electron chi connectivity index (χ4n) is 4.37. The Balaban J connectivity index is 0.000000142. The molecule has 6 rings (SSSR count). The molecule has 2 aromatic heterocycles. The van der Waals surface area contributed by atoms with Gasteiger partial charge in [0.05, 0.1) is 23.3 Å². The Morgan fingerprint density at radius 3 is 1.85 bits per heavy atom. The fourth-order valence-corrected chi connectivity index (χ4v) is 4.58. The molecule has 4 heterocycles. The second kappa shape index (κ2) is 10.3. The molecular formula is C26H25ClN6O. The van der Waals surface area contributed by atoms with Gasteiger partial charge in [0.2, 0.25) is 0 Å². The van der Waals surface area contributed by atoms with Gasteiger partial charge in [0, 0.05) is 44.8 Å². The highest BCUT2D eigenvalue weighted by Crippen LogP contribution is 2.26. The zero-order valence-electron chi connectivity index (χ0n) is 18.7. The van der Waals surface area contributed by atoms with Crippen molar-refractivity contribution >= 4 is 11.6 Å². The van der Waals surface area contributed by atoms with Crippen LogP contribution in [0.2, 0.25) is 5.15 Å². The number of benzene rings is 2. The highest BCUT2D eigenvalue weighted by molar-refractivity contribution is 6.30. The van der Waals surface area contributed by atoms with Gasteiger partial charge in [-0.1, -0.05) is 72.3 Å². The Bertz CT molecular complexity index is 1310. The predicted molar refractivity (Wildman–Crippen MR) is 131 cm³/mol. The highest BCUT2D eigenvalue weighted by Gasteiger charge is 2.23. The van der Waals surface area contributed by atoms with Crippen molar-refractivity contribution in [2.45, 2.75) is 39.3 Å². The standard InChI is InChI=1S/C13H12ClN3.C13H13N3O/c14-13-11-7-17(8-12(11)15-9-16-13)6-10-4-2-1-3-5-10;17-13-11-7-16(8-12(11)14-9-15-13)6-10-4-2-1-3-5-10/h1-5,9H,6-8H2;1-5,9H,6-8H2,(H,14,15,17). The lowest BCUT2D eigenvalue weighted by Crippen LogP contribution is -2.17. The summed E-state index contributed by atoms with van der Waals surface area (Å²) >= 11 is 6.06. The summed E-state index contributed by atoms with van der Waals surface area (Å²) in [5.41, 5.74) is 6.41. The molecule has 7 nitrogen and oxygen atoms in total. The van der Waals surface area contributed by atoms with E-state index < -0.39 is 0 Å². The summed E-state index contributed by atoms with van der Waals surface area (Å²) in [7, 11) is 0. The van der Waals surface area contributed by atoms with Crippen LogP contribution in [0.25, 0.3) is 0 Å². The molecule has 0 atom stereocenters. The molecular weight excluding hydrogens is 448 g/mol. The van der Waals surface area contributed by atoms with Crippen LogP contribution in [0.1, 0.15) is 33.6 Å². The topological polar surface area (TPSA) is 78.0 Å². The summed E-state index contributed by atoms with van der Waals surface area (Å²) in [6, 6.07) is 20.7. The molecule has 34 heavy (non-hydrogen) atoms. The van der Waals surface area contributed by atoms with E-state index in [-0.39, 0.29) is 5.56 Å². The molecule has 4 aromatic rings. The first-order valence-corrected chi connectivity index (χ1v) is 11.6. The van der Waals surface area contributed by atoms with Crippen molar-refractivity contribution in [3.63, 3.8) is 0 Å². The van der Waals surface area contributed by atoms with Gasteiger partial charge in [-0.15, -0.1) is 0 Å². The number of nitrogens with zero attached hydrogens (tertiary/aromatic N) is 5. The maximum atomic E-state index is 11.6. The quantitative estimate of drug-likeness (QED) is 0.453. The number of aromatic nitrogens is 4. The second-order valence-electron chi connectivity index (χ2n) is 8.51. The fraction of sp³-hybridized carbons (Fsp3) is 0.231. The molecule has 0 unspecified atom stereocenters. The number of hydrogen-bond donors (Lipinski definition) is 1. The van der Waals surface area contributed by atoms with Gasteiger partial charge in [-0.3, -0.25) is 14.6 Å². The number of aromatic amines is 1. The van der Waals surface area contributed by atoms with Crippen molar-refractivity contribution < 1.29 is 0 Å². The van der Waals surface area contributed by atoms with Gasteiger partial charge in [-0.25, -0.2) is 15.0 Å². The molecule has 8 heteroatoms. The monoisotopic (exact) mass is 472 g/mol. The minimum Gasteiger partial charge on any atom is -0.313 e. The van der Waals surface area contributed by atoms with Crippen molar-refractivity contribution in [3.8, 4) is 0 Å². The van der Waals surface area contributed by atoms with E-state index in [1.165, 1.54) is 23.8 Å². The van der Waals surface area contributed by atoms with Crippen LogP contribution < -0.4 is 5.56 Å². The maximum absolute atomic E-state index is 11.6. The van der Waals surface area contributed by atoms with Gasteiger partial charge in [-0.05, 0) is 11.1 Å². The molecule has 0 spiro atoms. The third kappa shape index (κ3) is 5.22. The molecule has 172 valence electrons. The summed E-state index contributed by atoms with van der Waals surface area (Å²) in [5, 5.41) is 0.588. The summed E-state index contributed by atoms with van der Waals surface area (Å²) in [4.78, 5) is 31.3. The van der Waals surface area contributed by atoms with E-state index in [0.29, 0.717) is 11.7 Å². The Labute approximate surface area is 203 Å². The molecule has 0 fully saturated rings. The Morgan fingerprint density at radius 2 is 1.29 bits per heavy atom. The highest BCUT2D eigenvalue weighted by atomic mass is 35.5. The molecule has 2 aliphatic rings. The van der Waals surface area contributed by atoms with Crippen LogP contribution in [0.15, 0.2) is 78.1 Å². The molecule has 0 bridgehead atoms. The SMILES string of the molecule is Clc1ncnc2c1CN(Cc1ccccc1)C2.O=c1[nH]cnc2c1CN(Cc1ccccc1)C2. The van der Waals surface area contributed by atoms with Crippen molar-refractivity contribution in [2.75, 3.05) is 0 Å². The zero-order valence-corrected chi connectivity index (χ0v) is 19.4. The Kier molecular flexibility index (Phi) is 6.76. The van der Waals surface area contributed by atoms with Crippen molar-refractivity contribution in [1.82, 2.24) is 29.7 Å². The van der Waals surface area contributed by atoms with E-state index in [0.717, 1.165) is 55.2 Å². The lowest BCUT2D eigenvalue weighted by molar-refractivity contribution is 0.273. The smallest absolute Gasteiger partial charge is 0.255 e. The average molecular weight is 473 g/mol. The lowest BCUT2D eigenvalue weighted by atomic mass is 10.2. The summed E-state index contributed by atoms with van der Waals surface area (Å²) < 4.78 is 0. The predicted octanol–water partition coefficient (Wildman–Crippen LogP) is 3.93. The lowest BCUT2D eigenvalue weighted by Gasteiger charge is -2.14. The third-order valence-electron chi connectivity index (χ3n) is 6.03. The van der Waals surface area contributed by atoms with Gasteiger partial charge in [-0.2, -0.15) is 0 Å². The molecule has 1 N–H and O–H groups in total. The van der Waals surface area contributed by atoms with Gasteiger partial charge in [0.15, 0.2) is 0 Å². The molecule has 0 saturated heterocycles. The summed E-state index contributed by atoms with van der Waals surface area (Å²) in [6.45, 7) is 4.92. The summed E-state index contributed by atoms with van der Waals surface area (Å²) in [6.07, 6.45) is 3.01. The van der Waals surface area contributed by atoms with E-state index in [9.17, 15) is 4.79 Å². The first-order valence-electron chi connectivity index (χ1n) is 11.2. The van der Waals surface area contributed by atoms with E-state index in [1.54, 1.807) is 0 Å². The van der Waals surface area contributed by atoms with Gasteiger partial charge < -0.3 is 4.98 Å². The normalized spacial score (nSPS) is 14.9. The van der Waals surface area contributed by atoms with Gasteiger partial charge in [0.1, 0.15) is 11.5 Å². The van der Waals surface area contributed by atoms with Crippen molar-refractivity contribution in [2.24, 2.45) is 0 Å². The van der Waals surface area contributed by atoms with E-state index >= 15 is 0 Å². The van der Waals surface area contributed by atoms with E-state index in [2.05, 4.69) is 66.1 Å². The van der Waals surface area contributed by atoms with Crippen LogP contribution in [0.5, 0.6) is 0 Å². The van der Waals surface area contributed by atoms with Crippen molar-refractivity contribution in [3.05, 3.63) is 122 Å². The number of halogens is 1. The molecule has 2 aliphatic heterocycles. The van der Waals surface area contributed by atoms with Crippen molar-refractivity contribution in [1.29, 1.82) is 0 Å². The maximum Gasteiger partial charge on any atom is 0.255 e. The number of rotatable bonds is 4. The number of hydrogen-bond acceptors (Lipinski definition) is 6. The number of fused-ring (bicyclic) bond motifs is 2. The van der Waals surface area contributed by atoms with Crippen LogP contribution in [0, 0.1) is 0 Å². The Hall–Kier alpha value is -3.39. The number of H-pyrrole nitrogens is 1. The summed E-state index contributed by atoms with van der Waals surface area (Å²) in [5.74, 6) is 0. The van der Waals surface area contributed by atoms with Gasteiger partial charge in [0.25, 0.3) is 5.56 Å². The number of nitrogens with one attached hydrogen (secondary N) is 1. The largest absolute Gasteiger partial charge is 0.313 e. The van der Waals surface area contributed by atoms with Crippen LogP contribution in [0.4, 0.5) is 0 Å². The van der Waals surface area contributed by atoms with Crippen LogP contribution in [0.3, 0.4) is 0 Å². The molecule has 0 amide bonds.